The van der Waals surface area contributed by atoms with E-state index >= 15 is 0 Å². The number of rotatable bonds is 11. The van der Waals surface area contributed by atoms with Gasteiger partial charge in [-0.1, -0.05) is 66.8 Å². The van der Waals surface area contributed by atoms with E-state index in [0.29, 0.717) is 35.3 Å². The van der Waals surface area contributed by atoms with Crippen molar-refractivity contribution in [3.8, 4) is 0 Å². The average Bonchev–Trinajstić information content (AvgIpc) is 3.37. The van der Waals surface area contributed by atoms with E-state index in [1.807, 2.05) is 53.9 Å². The Balaban J connectivity index is 1.41. The fraction of sp³-hybridized carbons (Fsp3) is 0.348. The molecule has 2 heterocycles. The Morgan fingerprint density at radius 2 is 1.94 bits per heavy atom. The van der Waals surface area contributed by atoms with Gasteiger partial charge in [0.15, 0.2) is 0 Å². The van der Waals surface area contributed by atoms with Gasteiger partial charge in [-0.2, -0.15) is 0 Å². The molecule has 0 unspecified atom stereocenters. The van der Waals surface area contributed by atoms with Crippen LogP contribution in [0.15, 0.2) is 52.7 Å². The van der Waals surface area contributed by atoms with Crippen molar-refractivity contribution >= 4 is 57.5 Å². The second-order valence-corrected chi connectivity index (χ2v) is 9.84. The molecule has 8 heteroatoms. The van der Waals surface area contributed by atoms with Gasteiger partial charge in [-0.25, -0.2) is 0 Å². The molecule has 0 saturated carbocycles. The van der Waals surface area contributed by atoms with Crippen molar-refractivity contribution in [3.05, 3.63) is 63.2 Å². The third-order valence-corrected chi connectivity index (χ3v) is 7.10. The molecule has 2 aromatic rings. The molecular formula is C23H26N2O3S3. The third kappa shape index (κ3) is 7.00. The Kier molecular flexibility index (Phi) is 9.27. The highest BCUT2D eigenvalue weighted by atomic mass is 32.2. The zero-order valence-corrected chi connectivity index (χ0v) is 19.7. The molecule has 1 saturated heterocycles. The number of benzene rings is 1. The Morgan fingerprint density at radius 1 is 1.13 bits per heavy atom. The standard InChI is InChI=1S/C23H26N2O3S3/c26-14-13-24(17-18-8-3-1-4-9-18)21(27)11-5-2-6-12-25-22(28)20(31-23(25)29)16-19-10-7-15-30-19/h1,3-4,7-10,15-16,26H,2,5-6,11-14,17H2/b20-16+. The maximum Gasteiger partial charge on any atom is 0.266 e. The molecule has 0 aliphatic carbocycles. The maximum absolute atomic E-state index is 12.6. The second-order valence-electron chi connectivity index (χ2n) is 7.18. The number of hydrogen-bond donors (Lipinski definition) is 1. The molecule has 2 amide bonds. The summed E-state index contributed by atoms with van der Waals surface area (Å²) < 4.78 is 0.598. The Bertz CT molecular complexity index is 913. The maximum atomic E-state index is 12.6. The van der Waals surface area contributed by atoms with Crippen molar-refractivity contribution in [3.63, 3.8) is 0 Å². The zero-order chi connectivity index (χ0) is 22.1. The van der Waals surface area contributed by atoms with Crippen LogP contribution in [0.4, 0.5) is 0 Å². The lowest BCUT2D eigenvalue weighted by atomic mass is 10.1. The zero-order valence-electron chi connectivity index (χ0n) is 17.2. The van der Waals surface area contributed by atoms with Gasteiger partial charge in [0.2, 0.25) is 5.91 Å². The first-order chi connectivity index (χ1) is 15.1. The van der Waals surface area contributed by atoms with E-state index in [9.17, 15) is 14.7 Å². The van der Waals surface area contributed by atoms with Crippen molar-refractivity contribution in [2.24, 2.45) is 0 Å². The topological polar surface area (TPSA) is 60.9 Å². The summed E-state index contributed by atoms with van der Waals surface area (Å²) >= 11 is 8.32. The molecule has 1 aliphatic heterocycles. The molecule has 31 heavy (non-hydrogen) atoms. The summed E-state index contributed by atoms with van der Waals surface area (Å²) in [6, 6.07) is 13.7. The van der Waals surface area contributed by atoms with E-state index in [0.717, 1.165) is 29.7 Å². The van der Waals surface area contributed by atoms with Crippen LogP contribution in [-0.2, 0) is 16.1 Å². The minimum atomic E-state index is -0.0495. The molecule has 1 fully saturated rings. The quantitative estimate of drug-likeness (QED) is 0.295. The summed E-state index contributed by atoms with van der Waals surface area (Å²) in [6.45, 7) is 1.37. The first-order valence-corrected chi connectivity index (χ1v) is 12.4. The van der Waals surface area contributed by atoms with Crippen molar-refractivity contribution in [2.75, 3.05) is 19.7 Å². The number of aliphatic hydroxyl groups excluding tert-OH is 1. The lowest BCUT2D eigenvalue weighted by molar-refractivity contribution is -0.132. The summed E-state index contributed by atoms with van der Waals surface area (Å²) in [5.74, 6) is 0.0128. The molecule has 0 spiro atoms. The van der Waals surface area contributed by atoms with E-state index in [1.54, 1.807) is 21.1 Å². The van der Waals surface area contributed by atoms with Gasteiger partial charge in [0.25, 0.3) is 5.91 Å². The molecule has 1 aliphatic rings. The number of thiocarbonyl (C=S) groups is 1. The van der Waals surface area contributed by atoms with Crippen LogP contribution in [-0.4, -0.2) is 50.7 Å². The number of thioether (sulfide) groups is 1. The van der Waals surface area contributed by atoms with Gasteiger partial charge in [-0.05, 0) is 35.9 Å². The summed E-state index contributed by atoms with van der Waals surface area (Å²) in [5, 5.41) is 11.3. The van der Waals surface area contributed by atoms with E-state index in [2.05, 4.69) is 0 Å². The molecule has 0 radical (unpaired) electrons. The lowest BCUT2D eigenvalue weighted by Gasteiger charge is -2.22. The molecule has 3 rings (SSSR count). The summed E-state index contributed by atoms with van der Waals surface area (Å²) in [6.07, 6.45) is 4.71. The Hall–Kier alpha value is -2.00. The van der Waals surface area contributed by atoms with Gasteiger partial charge >= 0.3 is 0 Å². The molecule has 164 valence electrons. The number of aliphatic hydroxyl groups is 1. The average molecular weight is 475 g/mol. The van der Waals surface area contributed by atoms with Gasteiger partial charge in [-0.3, -0.25) is 14.5 Å². The predicted octanol–water partition coefficient (Wildman–Crippen LogP) is 4.53. The fourth-order valence-electron chi connectivity index (χ4n) is 3.29. The normalized spacial score (nSPS) is 15.1. The van der Waals surface area contributed by atoms with Crippen LogP contribution in [0.1, 0.15) is 36.1 Å². The SMILES string of the molecule is O=C(CCCCCN1C(=O)/C(=C\c2cccs2)SC1=S)N(CCO)Cc1ccccc1. The summed E-state index contributed by atoms with van der Waals surface area (Å²) in [4.78, 5) is 30.3. The number of unbranched alkanes of at least 4 members (excludes halogenated alkanes) is 2. The van der Waals surface area contributed by atoms with E-state index in [4.69, 9.17) is 12.2 Å². The number of carbonyl (C=O) groups is 2. The van der Waals surface area contributed by atoms with Gasteiger partial charge in [0.05, 0.1) is 11.5 Å². The van der Waals surface area contributed by atoms with Crippen LogP contribution < -0.4 is 0 Å². The van der Waals surface area contributed by atoms with Crippen molar-refractivity contribution in [1.82, 2.24) is 9.80 Å². The highest BCUT2D eigenvalue weighted by Crippen LogP contribution is 2.33. The van der Waals surface area contributed by atoms with Gasteiger partial charge in [0.1, 0.15) is 4.32 Å². The number of carbonyl (C=O) groups excluding carboxylic acids is 2. The Labute approximate surface area is 196 Å². The van der Waals surface area contributed by atoms with Crippen LogP contribution in [0.2, 0.25) is 0 Å². The van der Waals surface area contributed by atoms with Gasteiger partial charge in [-0.15, -0.1) is 11.3 Å². The number of amides is 2. The van der Waals surface area contributed by atoms with E-state index < -0.39 is 0 Å². The summed E-state index contributed by atoms with van der Waals surface area (Å²) in [5.41, 5.74) is 1.05. The van der Waals surface area contributed by atoms with Crippen LogP contribution in [0.3, 0.4) is 0 Å². The van der Waals surface area contributed by atoms with Crippen LogP contribution in [0.25, 0.3) is 6.08 Å². The molecule has 5 nitrogen and oxygen atoms in total. The molecular weight excluding hydrogens is 448 g/mol. The fourth-order valence-corrected chi connectivity index (χ4v) is 5.32. The van der Waals surface area contributed by atoms with E-state index in [1.165, 1.54) is 11.8 Å². The predicted molar refractivity (Wildman–Crippen MR) is 132 cm³/mol. The molecule has 1 N–H and O–H groups in total. The first-order valence-electron chi connectivity index (χ1n) is 10.3. The third-order valence-electron chi connectivity index (χ3n) is 4.90. The van der Waals surface area contributed by atoms with Gasteiger partial charge < -0.3 is 10.0 Å². The molecule has 1 aromatic carbocycles. The lowest BCUT2D eigenvalue weighted by Crippen LogP contribution is -2.33. The van der Waals surface area contributed by atoms with Crippen molar-refractivity contribution in [1.29, 1.82) is 0 Å². The van der Waals surface area contributed by atoms with Crippen LogP contribution in [0.5, 0.6) is 0 Å². The number of thiophene rings is 1. The largest absolute Gasteiger partial charge is 0.395 e. The Morgan fingerprint density at radius 3 is 2.65 bits per heavy atom. The first kappa shape index (κ1) is 23.7. The van der Waals surface area contributed by atoms with Crippen LogP contribution >= 0.6 is 35.3 Å². The summed E-state index contributed by atoms with van der Waals surface area (Å²) in [7, 11) is 0. The highest BCUT2D eigenvalue weighted by molar-refractivity contribution is 8.26. The smallest absolute Gasteiger partial charge is 0.266 e. The molecule has 1 aromatic heterocycles. The van der Waals surface area contributed by atoms with Crippen molar-refractivity contribution in [2.45, 2.75) is 32.2 Å². The van der Waals surface area contributed by atoms with Crippen LogP contribution in [0, 0.1) is 0 Å². The minimum absolute atomic E-state index is 0.0311. The number of nitrogens with zero attached hydrogens (tertiary/aromatic N) is 2. The minimum Gasteiger partial charge on any atom is -0.395 e. The monoisotopic (exact) mass is 474 g/mol. The van der Waals surface area contributed by atoms with E-state index in [-0.39, 0.29) is 18.4 Å². The second kappa shape index (κ2) is 12.1. The molecule has 0 atom stereocenters. The van der Waals surface area contributed by atoms with Crippen molar-refractivity contribution < 1.29 is 14.7 Å². The molecule has 0 bridgehead atoms. The highest BCUT2D eigenvalue weighted by Gasteiger charge is 2.31. The van der Waals surface area contributed by atoms with Gasteiger partial charge in [0, 0.05) is 30.9 Å². The number of hydrogen-bond acceptors (Lipinski definition) is 6.